The molecule has 2 heterocycles. The van der Waals surface area contributed by atoms with E-state index >= 15 is 0 Å². The van der Waals surface area contributed by atoms with Gasteiger partial charge in [0.1, 0.15) is 0 Å². The summed E-state index contributed by atoms with van der Waals surface area (Å²) in [7, 11) is 0. The van der Waals surface area contributed by atoms with Gasteiger partial charge in [-0.05, 0) is 69.1 Å². The van der Waals surface area contributed by atoms with Crippen LogP contribution in [0.3, 0.4) is 0 Å². The summed E-state index contributed by atoms with van der Waals surface area (Å²) in [4.78, 5) is 20.4. The molecule has 0 spiro atoms. The number of carbonyl (C=O) groups is 1. The van der Waals surface area contributed by atoms with Crippen molar-refractivity contribution >= 4 is 16.8 Å². The molecule has 0 bridgehead atoms. The lowest BCUT2D eigenvalue weighted by Crippen LogP contribution is -2.39. The number of aromatic nitrogens is 1. The number of piperidine rings is 1. The number of hydrogen-bond acceptors (Lipinski definition) is 2. The Morgan fingerprint density at radius 2 is 2.04 bits per heavy atom. The van der Waals surface area contributed by atoms with E-state index in [-0.39, 0.29) is 5.91 Å². The van der Waals surface area contributed by atoms with E-state index in [1.165, 1.54) is 30.4 Å². The van der Waals surface area contributed by atoms with E-state index in [1.807, 2.05) is 0 Å². The molecule has 0 saturated carbocycles. The van der Waals surface area contributed by atoms with Crippen molar-refractivity contribution in [2.75, 3.05) is 13.1 Å². The standard InChI is InChI=1S/C21H26N2O/c1-14-9-10-19-17(12-14)20(16-7-3-4-8-18(16)22-19)21(24)23-11-5-6-15(2)13-23/h9-10,12,15H,3-8,11,13H2,1-2H3. The number of carbonyl (C=O) groups excluding carboxylic acids is 1. The van der Waals surface area contributed by atoms with Gasteiger partial charge >= 0.3 is 0 Å². The number of rotatable bonds is 1. The van der Waals surface area contributed by atoms with Gasteiger partial charge in [-0.3, -0.25) is 9.78 Å². The highest BCUT2D eigenvalue weighted by atomic mass is 16.2. The van der Waals surface area contributed by atoms with Crippen LogP contribution < -0.4 is 0 Å². The highest BCUT2D eigenvalue weighted by molar-refractivity contribution is 6.08. The van der Waals surface area contributed by atoms with Crippen LogP contribution in [0.1, 0.15) is 59.8 Å². The van der Waals surface area contributed by atoms with E-state index in [0.29, 0.717) is 5.92 Å². The Morgan fingerprint density at radius 3 is 2.88 bits per heavy atom. The van der Waals surface area contributed by atoms with Crippen LogP contribution in [0, 0.1) is 12.8 Å². The zero-order valence-corrected chi connectivity index (χ0v) is 14.8. The lowest BCUT2D eigenvalue weighted by molar-refractivity contribution is 0.0683. The fourth-order valence-corrected chi connectivity index (χ4v) is 4.31. The molecule has 1 aliphatic heterocycles. The molecule has 2 aliphatic rings. The van der Waals surface area contributed by atoms with Gasteiger partial charge in [0.2, 0.25) is 0 Å². The maximum Gasteiger partial charge on any atom is 0.254 e. The van der Waals surface area contributed by atoms with Crippen LogP contribution in [-0.2, 0) is 12.8 Å². The van der Waals surface area contributed by atoms with Gasteiger partial charge in [-0.25, -0.2) is 0 Å². The number of benzene rings is 1. The predicted octanol–water partition coefficient (Wildman–Crippen LogP) is 4.29. The Balaban J connectivity index is 1.88. The van der Waals surface area contributed by atoms with Crippen LogP contribution >= 0.6 is 0 Å². The van der Waals surface area contributed by atoms with Crippen molar-refractivity contribution in [1.82, 2.24) is 9.88 Å². The number of fused-ring (bicyclic) bond motifs is 2. The highest BCUT2D eigenvalue weighted by Crippen LogP contribution is 2.31. The molecule has 1 saturated heterocycles. The molecule has 2 aromatic rings. The quantitative estimate of drug-likeness (QED) is 0.784. The third kappa shape index (κ3) is 2.70. The van der Waals surface area contributed by atoms with E-state index in [1.54, 1.807) is 0 Å². The molecule has 1 aromatic carbocycles. The molecular weight excluding hydrogens is 296 g/mol. The van der Waals surface area contributed by atoms with Crippen LogP contribution in [0.25, 0.3) is 10.9 Å². The van der Waals surface area contributed by atoms with E-state index in [0.717, 1.165) is 54.5 Å². The maximum atomic E-state index is 13.4. The summed E-state index contributed by atoms with van der Waals surface area (Å²) in [5, 5.41) is 1.05. The first-order valence-corrected chi connectivity index (χ1v) is 9.35. The average molecular weight is 322 g/mol. The SMILES string of the molecule is Cc1ccc2nc3c(c(C(=O)N4CCCC(C)C4)c2c1)CCCC3. The Kier molecular flexibility index (Phi) is 4.03. The minimum atomic E-state index is 0.234. The van der Waals surface area contributed by atoms with E-state index in [2.05, 4.69) is 36.9 Å². The lowest BCUT2D eigenvalue weighted by atomic mass is 9.88. The van der Waals surface area contributed by atoms with E-state index in [4.69, 9.17) is 4.98 Å². The summed E-state index contributed by atoms with van der Waals surface area (Å²) in [6.45, 7) is 6.14. The molecule has 126 valence electrons. The van der Waals surface area contributed by atoms with Crippen molar-refractivity contribution in [3.8, 4) is 0 Å². The molecule has 4 rings (SSSR count). The average Bonchev–Trinajstić information content (AvgIpc) is 2.59. The van der Waals surface area contributed by atoms with Crippen LogP contribution in [0.5, 0.6) is 0 Å². The van der Waals surface area contributed by atoms with Crippen molar-refractivity contribution in [2.45, 2.75) is 52.4 Å². The first-order chi connectivity index (χ1) is 11.6. The number of amides is 1. The molecule has 1 aliphatic carbocycles. The van der Waals surface area contributed by atoms with Gasteiger partial charge in [0, 0.05) is 24.2 Å². The second-order valence-corrected chi connectivity index (χ2v) is 7.64. The largest absolute Gasteiger partial charge is 0.338 e. The monoisotopic (exact) mass is 322 g/mol. The van der Waals surface area contributed by atoms with Crippen molar-refractivity contribution in [2.24, 2.45) is 5.92 Å². The third-order valence-corrected chi connectivity index (χ3v) is 5.58. The van der Waals surface area contributed by atoms with Crippen LogP contribution in [-0.4, -0.2) is 28.9 Å². The van der Waals surface area contributed by atoms with Crippen LogP contribution in [0.4, 0.5) is 0 Å². The number of hydrogen-bond donors (Lipinski definition) is 0. The van der Waals surface area contributed by atoms with Crippen LogP contribution in [0.15, 0.2) is 18.2 Å². The minimum Gasteiger partial charge on any atom is -0.338 e. The first kappa shape index (κ1) is 15.6. The summed E-state index contributed by atoms with van der Waals surface area (Å²) in [5.41, 5.74) is 5.51. The Hall–Kier alpha value is -1.90. The smallest absolute Gasteiger partial charge is 0.254 e. The van der Waals surface area contributed by atoms with Gasteiger partial charge in [0.05, 0.1) is 11.1 Å². The summed E-state index contributed by atoms with van der Waals surface area (Å²) < 4.78 is 0. The van der Waals surface area contributed by atoms with Gasteiger partial charge in [-0.2, -0.15) is 0 Å². The number of likely N-dealkylation sites (tertiary alicyclic amines) is 1. The van der Waals surface area contributed by atoms with Crippen molar-refractivity contribution in [1.29, 1.82) is 0 Å². The van der Waals surface area contributed by atoms with Gasteiger partial charge in [0.25, 0.3) is 5.91 Å². The van der Waals surface area contributed by atoms with Crippen molar-refractivity contribution in [3.05, 3.63) is 40.6 Å². The zero-order valence-electron chi connectivity index (χ0n) is 14.8. The van der Waals surface area contributed by atoms with Crippen molar-refractivity contribution in [3.63, 3.8) is 0 Å². The molecular formula is C21H26N2O. The molecule has 3 nitrogen and oxygen atoms in total. The molecule has 1 unspecified atom stereocenters. The molecule has 24 heavy (non-hydrogen) atoms. The molecule has 1 atom stereocenters. The maximum absolute atomic E-state index is 13.4. The molecule has 1 aromatic heterocycles. The summed E-state index contributed by atoms with van der Waals surface area (Å²) in [6, 6.07) is 6.33. The normalized spacial score (nSPS) is 20.9. The molecule has 0 N–H and O–H groups in total. The molecule has 1 fully saturated rings. The van der Waals surface area contributed by atoms with E-state index in [9.17, 15) is 4.79 Å². The number of aryl methyl sites for hydroxylation is 2. The second-order valence-electron chi connectivity index (χ2n) is 7.64. The van der Waals surface area contributed by atoms with Gasteiger partial charge < -0.3 is 4.90 Å². The minimum absolute atomic E-state index is 0.234. The summed E-state index contributed by atoms with van der Waals surface area (Å²) in [6.07, 6.45) is 6.72. The fourth-order valence-electron chi connectivity index (χ4n) is 4.31. The Labute approximate surface area is 144 Å². The molecule has 1 amide bonds. The molecule has 3 heteroatoms. The Morgan fingerprint density at radius 1 is 1.21 bits per heavy atom. The fraction of sp³-hybridized carbons (Fsp3) is 0.524. The summed E-state index contributed by atoms with van der Waals surface area (Å²) >= 11 is 0. The topological polar surface area (TPSA) is 33.2 Å². The number of pyridine rings is 1. The van der Waals surface area contributed by atoms with Gasteiger partial charge in [-0.1, -0.05) is 18.6 Å². The van der Waals surface area contributed by atoms with Crippen molar-refractivity contribution < 1.29 is 4.79 Å². The lowest BCUT2D eigenvalue weighted by Gasteiger charge is -2.32. The third-order valence-electron chi connectivity index (χ3n) is 5.58. The van der Waals surface area contributed by atoms with Gasteiger partial charge in [0.15, 0.2) is 0 Å². The number of nitrogens with zero attached hydrogens (tertiary/aromatic N) is 2. The predicted molar refractivity (Wildman–Crippen MR) is 97.4 cm³/mol. The second kappa shape index (κ2) is 6.19. The van der Waals surface area contributed by atoms with E-state index < -0.39 is 0 Å². The summed E-state index contributed by atoms with van der Waals surface area (Å²) in [5.74, 6) is 0.839. The Bertz CT molecular complexity index is 796. The van der Waals surface area contributed by atoms with Gasteiger partial charge in [-0.15, -0.1) is 0 Å². The highest BCUT2D eigenvalue weighted by Gasteiger charge is 2.28. The van der Waals surface area contributed by atoms with Crippen LogP contribution in [0.2, 0.25) is 0 Å². The zero-order chi connectivity index (χ0) is 16.7. The first-order valence-electron chi connectivity index (χ1n) is 9.35. The molecule has 0 radical (unpaired) electrons.